The smallest absolute Gasteiger partial charge is 0.407 e. The number of hydrogen-bond acceptors (Lipinski definition) is 3. The van der Waals surface area contributed by atoms with Crippen LogP contribution in [0.5, 0.6) is 0 Å². The first kappa shape index (κ1) is 14.9. The first-order chi connectivity index (χ1) is 9.84. The number of amides is 1. The van der Waals surface area contributed by atoms with Gasteiger partial charge in [-0.25, -0.2) is 4.79 Å². The molecule has 4 nitrogen and oxygen atoms in total. The maximum atomic E-state index is 11.5. The van der Waals surface area contributed by atoms with Gasteiger partial charge in [0, 0.05) is 19.5 Å². The maximum Gasteiger partial charge on any atom is 0.407 e. The van der Waals surface area contributed by atoms with Gasteiger partial charge in [-0.15, -0.1) is 0 Å². The molecule has 0 radical (unpaired) electrons. The molecule has 0 saturated carbocycles. The monoisotopic (exact) mass is 276 g/mol. The number of rotatable bonds is 6. The van der Waals surface area contributed by atoms with E-state index in [2.05, 4.69) is 10.2 Å². The van der Waals surface area contributed by atoms with Crippen molar-refractivity contribution in [3.8, 4) is 0 Å². The zero-order valence-corrected chi connectivity index (χ0v) is 12.0. The fourth-order valence-corrected chi connectivity index (χ4v) is 2.46. The van der Waals surface area contributed by atoms with Crippen LogP contribution in [0.1, 0.15) is 24.8 Å². The van der Waals surface area contributed by atoms with Crippen LogP contribution >= 0.6 is 0 Å². The van der Waals surface area contributed by atoms with Crippen LogP contribution in [-0.2, 0) is 11.2 Å². The highest BCUT2D eigenvalue weighted by Gasteiger charge is 2.10. The molecular weight excluding hydrogens is 252 g/mol. The molecule has 0 bridgehead atoms. The van der Waals surface area contributed by atoms with Gasteiger partial charge in [0.25, 0.3) is 0 Å². The average Bonchev–Trinajstić information content (AvgIpc) is 2.49. The molecule has 0 atom stereocenters. The number of piperidine rings is 1. The largest absolute Gasteiger partial charge is 0.449 e. The molecule has 1 aliphatic heterocycles. The quantitative estimate of drug-likeness (QED) is 0.867. The lowest BCUT2D eigenvalue weighted by Crippen LogP contribution is -2.37. The fourth-order valence-electron chi connectivity index (χ4n) is 2.46. The summed E-state index contributed by atoms with van der Waals surface area (Å²) in [5, 5.41) is 2.81. The lowest BCUT2D eigenvalue weighted by Gasteiger charge is -2.26. The zero-order valence-electron chi connectivity index (χ0n) is 12.0. The summed E-state index contributed by atoms with van der Waals surface area (Å²) >= 11 is 0. The van der Waals surface area contributed by atoms with E-state index in [0.29, 0.717) is 13.2 Å². The number of benzene rings is 1. The van der Waals surface area contributed by atoms with E-state index in [-0.39, 0.29) is 6.09 Å². The number of carbonyl (C=O) groups is 1. The van der Waals surface area contributed by atoms with E-state index in [1.807, 2.05) is 30.3 Å². The van der Waals surface area contributed by atoms with Gasteiger partial charge in [-0.05, 0) is 31.5 Å². The van der Waals surface area contributed by atoms with Gasteiger partial charge in [0.05, 0.1) is 6.61 Å². The maximum absolute atomic E-state index is 11.5. The third kappa shape index (κ3) is 5.61. The average molecular weight is 276 g/mol. The van der Waals surface area contributed by atoms with Gasteiger partial charge in [0.1, 0.15) is 0 Å². The Hall–Kier alpha value is -1.55. The van der Waals surface area contributed by atoms with Gasteiger partial charge in [-0.3, -0.25) is 0 Å². The molecule has 4 heteroatoms. The number of nitrogens with one attached hydrogen (secondary N) is 1. The molecule has 110 valence electrons. The van der Waals surface area contributed by atoms with Gasteiger partial charge >= 0.3 is 6.09 Å². The van der Waals surface area contributed by atoms with Crippen molar-refractivity contribution in [3.05, 3.63) is 35.9 Å². The number of likely N-dealkylation sites (tertiary alicyclic amines) is 1. The van der Waals surface area contributed by atoms with Gasteiger partial charge in [-0.2, -0.15) is 0 Å². The summed E-state index contributed by atoms with van der Waals surface area (Å²) in [5.74, 6) is 0. The lowest BCUT2D eigenvalue weighted by atomic mass is 10.1. The number of carbonyl (C=O) groups excluding carboxylic acids is 1. The lowest BCUT2D eigenvalue weighted by molar-refractivity contribution is 0.144. The molecule has 2 rings (SSSR count). The molecule has 0 aliphatic carbocycles. The third-order valence-corrected chi connectivity index (χ3v) is 3.61. The summed E-state index contributed by atoms with van der Waals surface area (Å²) in [7, 11) is 0. The molecule has 20 heavy (non-hydrogen) atoms. The molecule has 1 aliphatic rings. The Balaban J connectivity index is 1.52. The minimum absolute atomic E-state index is 0.307. The van der Waals surface area contributed by atoms with Gasteiger partial charge < -0.3 is 15.0 Å². The summed E-state index contributed by atoms with van der Waals surface area (Å²) in [4.78, 5) is 13.9. The minimum atomic E-state index is -0.307. The van der Waals surface area contributed by atoms with E-state index in [0.717, 1.165) is 26.1 Å². The highest BCUT2D eigenvalue weighted by atomic mass is 16.5. The number of alkyl carbamates (subject to hydrolysis) is 1. The Morgan fingerprint density at radius 2 is 1.90 bits per heavy atom. The van der Waals surface area contributed by atoms with E-state index in [4.69, 9.17) is 4.74 Å². The second-order valence-corrected chi connectivity index (χ2v) is 5.20. The summed E-state index contributed by atoms with van der Waals surface area (Å²) < 4.78 is 5.17. The Kier molecular flexibility index (Phi) is 6.38. The van der Waals surface area contributed by atoms with Crippen LogP contribution in [-0.4, -0.2) is 43.8 Å². The summed E-state index contributed by atoms with van der Waals surface area (Å²) in [6.07, 6.45) is 4.35. The Morgan fingerprint density at radius 3 is 2.65 bits per heavy atom. The molecule has 1 fully saturated rings. The molecule has 1 N–H and O–H groups in total. The summed E-state index contributed by atoms with van der Waals surface area (Å²) in [6.45, 7) is 4.34. The van der Waals surface area contributed by atoms with Crippen LogP contribution in [0, 0.1) is 0 Å². The molecule has 1 aromatic carbocycles. The number of hydrogen-bond donors (Lipinski definition) is 1. The first-order valence-corrected chi connectivity index (χ1v) is 7.51. The molecule has 1 saturated heterocycles. The molecule has 0 spiro atoms. The van der Waals surface area contributed by atoms with Crippen molar-refractivity contribution in [2.75, 3.05) is 32.8 Å². The predicted octanol–water partition coefficient (Wildman–Crippen LogP) is 2.44. The molecule has 1 heterocycles. The van der Waals surface area contributed by atoms with E-state index in [1.165, 1.54) is 24.8 Å². The predicted molar refractivity (Wildman–Crippen MR) is 79.8 cm³/mol. The molecule has 1 amide bonds. The van der Waals surface area contributed by atoms with E-state index >= 15 is 0 Å². The minimum Gasteiger partial charge on any atom is -0.449 e. The van der Waals surface area contributed by atoms with Crippen LogP contribution < -0.4 is 5.32 Å². The van der Waals surface area contributed by atoms with Crippen LogP contribution in [0.3, 0.4) is 0 Å². The SMILES string of the molecule is O=C(NCCN1CCCCC1)OCCc1ccccc1. The third-order valence-electron chi connectivity index (χ3n) is 3.61. The fraction of sp³-hybridized carbons (Fsp3) is 0.562. The summed E-state index contributed by atoms with van der Waals surface area (Å²) in [5.41, 5.74) is 1.19. The highest BCUT2D eigenvalue weighted by molar-refractivity contribution is 5.67. The van der Waals surface area contributed by atoms with Gasteiger partial charge in [0.15, 0.2) is 0 Å². The Bertz CT molecular complexity index is 389. The Morgan fingerprint density at radius 1 is 1.15 bits per heavy atom. The van der Waals surface area contributed by atoms with Crippen LogP contribution in [0.25, 0.3) is 0 Å². The first-order valence-electron chi connectivity index (χ1n) is 7.51. The van der Waals surface area contributed by atoms with E-state index in [1.54, 1.807) is 0 Å². The van der Waals surface area contributed by atoms with Crippen LogP contribution in [0.2, 0.25) is 0 Å². The van der Waals surface area contributed by atoms with E-state index in [9.17, 15) is 4.79 Å². The van der Waals surface area contributed by atoms with Crippen molar-refractivity contribution in [3.63, 3.8) is 0 Å². The van der Waals surface area contributed by atoms with Crippen molar-refractivity contribution >= 4 is 6.09 Å². The van der Waals surface area contributed by atoms with E-state index < -0.39 is 0 Å². The van der Waals surface area contributed by atoms with Gasteiger partial charge in [-0.1, -0.05) is 36.8 Å². The highest BCUT2D eigenvalue weighted by Crippen LogP contribution is 2.07. The molecular formula is C16H24N2O2. The van der Waals surface area contributed by atoms with Crippen molar-refractivity contribution in [1.29, 1.82) is 0 Å². The number of ether oxygens (including phenoxy) is 1. The molecule has 0 unspecified atom stereocenters. The normalized spacial score (nSPS) is 15.8. The molecule has 1 aromatic rings. The second-order valence-electron chi connectivity index (χ2n) is 5.20. The van der Waals surface area contributed by atoms with Crippen molar-refractivity contribution in [2.24, 2.45) is 0 Å². The van der Waals surface area contributed by atoms with Crippen molar-refractivity contribution in [1.82, 2.24) is 10.2 Å². The standard InChI is InChI=1S/C16H24N2O2/c19-16(17-10-13-18-11-5-2-6-12-18)20-14-9-15-7-3-1-4-8-15/h1,3-4,7-8H,2,5-6,9-14H2,(H,17,19). The van der Waals surface area contributed by atoms with Crippen molar-refractivity contribution < 1.29 is 9.53 Å². The topological polar surface area (TPSA) is 41.6 Å². The number of nitrogens with zero attached hydrogens (tertiary/aromatic N) is 1. The zero-order chi connectivity index (χ0) is 14.0. The second kappa shape index (κ2) is 8.59. The van der Waals surface area contributed by atoms with Crippen LogP contribution in [0.4, 0.5) is 4.79 Å². The molecule has 0 aromatic heterocycles. The van der Waals surface area contributed by atoms with Crippen LogP contribution in [0.15, 0.2) is 30.3 Å². The summed E-state index contributed by atoms with van der Waals surface area (Å²) in [6, 6.07) is 10.1. The van der Waals surface area contributed by atoms with Crippen molar-refractivity contribution in [2.45, 2.75) is 25.7 Å². The Labute approximate surface area is 121 Å². The van der Waals surface area contributed by atoms with Gasteiger partial charge in [0.2, 0.25) is 0 Å².